The lowest BCUT2D eigenvalue weighted by Gasteiger charge is -2.13. The largest absolute Gasteiger partial charge is 0.506 e. The van der Waals surface area contributed by atoms with Crippen molar-refractivity contribution in [2.24, 2.45) is 0 Å². The number of thiophene rings is 1. The molecule has 21 heavy (non-hydrogen) atoms. The molecule has 5 heteroatoms. The van der Waals surface area contributed by atoms with Gasteiger partial charge in [-0.2, -0.15) is 0 Å². The second-order valence-electron chi connectivity index (χ2n) is 4.88. The molecule has 0 radical (unpaired) electrons. The van der Waals surface area contributed by atoms with Crippen molar-refractivity contribution in [1.82, 2.24) is 4.98 Å². The van der Waals surface area contributed by atoms with Crippen LogP contribution in [0.25, 0.3) is 10.1 Å². The molecular formula is C16H16N2O2S. The van der Waals surface area contributed by atoms with Crippen molar-refractivity contribution in [3.63, 3.8) is 0 Å². The summed E-state index contributed by atoms with van der Waals surface area (Å²) < 4.78 is 1.25. The van der Waals surface area contributed by atoms with Crippen LogP contribution in [0.2, 0.25) is 0 Å². The molecule has 0 aliphatic rings. The van der Waals surface area contributed by atoms with E-state index in [1.54, 1.807) is 24.5 Å². The van der Waals surface area contributed by atoms with Gasteiger partial charge in [0.25, 0.3) is 0 Å². The Balaban J connectivity index is 1.85. The molecule has 3 aromatic rings. The van der Waals surface area contributed by atoms with Gasteiger partial charge in [-0.1, -0.05) is 0 Å². The van der Waals surface area contributed by atoms with Gasteiger partial charge in [-0.15, -0.1) is 11.3 Å². The summed E-state index contributed by atoms with van der Waals surface area (Å²) in [7, 11) is 0. The molecule has 108 valence electrons. The number of aromatic hydroxyl groups is 1. The Bertz CT molecular complexity index is 783. The zero-order valence-corrected chi connectivity index (χ0v) is 12.4. The number of aryl methyl sites for hydroxylation is 1. The Labute approximate surface area is 126 Å². The molecule has 2 heterocycles. The number of hydrogen-bond donors (Lipinski definition) is 3. The monoisotopic (exact) mass is 300 g/mol. The van der Waals surface area contributed by atoms with Gasteiger partial charge in [-0.25, -0.2) is 0 Å². The van der Waals surface area contributed by atoms with Crippen molar-refractivity contribution < 1.29 is 10.2 Å². The van der Waals surface area contributed by atoms with E-state index in [1.165, 1.54) is 10.1 Å². The highest BCUT2D eigenvalue weighted by atomic mass is 32.1. The van der Waals surface area contributed by atoms with E-state index in [-0.39, 0.29) is 12.4 Å². The van der Waals surface area contributed by atoms with Gasteiger partial charge >= 0.3 is 0 Å². The van der Waals surface area contributed by atoms with Crippen LogP contribution < -0.4 is 5.32 Å². The molecule has 0 atom stereocenters. The number of nitrogens with one attached hydrogen (secondary N) is 1. The number of pyridine rings is 1. The zero-order valence-electron chi connectivity index (χ0n) is 11.6. The van der Waals surface area contributed by atoms with Gasteiger partial charge in [0.1, 0.15) is 5.75 Å². The van der Waals surface area contributed by atoms with Crippen molar-refractivity contribution in [1.29, 1.82) is 0 Å². The fourth-order valence-electron chi connectivity index (χ4n) is 2.28. The van der Waals surface area contributed by atoms with Crippen molar-refractivity contribution in [3.8, 4) is 5.75 Å². The van der Waals surface area contributed by atoms with Crippen molar-refractivity contribution in [3.05, 3.63) is 52.7 Å². The van der Waals surface area contributed by atoms with Gasteiger partial charge < -0.3 is 15.5 Å². The molecule has 2 aromatic heterocycles. The minimum Gasteiger partial charge on any atom is -0.506 e. The van der Waals surface area contributed by atoms with E-state index in [1.807, 2.05) is 6.07 Å². The standard InChI is InChI=1S/C16H16N2O2S/c1-10-16(20)14(12(9-19)7-17-10)8-18-13-2-3-15-11(6-13)4-5-21-15/h2-7,18-20H,8-9H2,1H3. The predicted molar refractivity (Wildman–Crippen MR) is 85.7 cm³/mol. The van der Waals surface area contributed by atoms with Crippen LogP contribution in [0.15, 0.2) is 35.8 Å². The van der Waals surface area contributed by atoms with Gasteiger partial charge in [-0.3, -0.25) is 4.98 Å². The first-order valence-corrected chi connectivity index (χ1v) is 7.55. The van der Waals surface area contributed by atoms with Crippen LogP contribution in [0.1, 0.15) is 16.8 Å². The van der Waals surface area contributed by atoms with E-state index < -0.39 is 0 Å². The van der Waals surface area contributed by atoms with Crippen molar-refractivity contribution in [2.75, 3.05) is 5.32 Å². The topological polar surface area (TPSA) is 65.4 Å². The van der Waals surface area contributed by atoms with Crippen molar-refractivity contribution >= 4 is 27.1 Å². The van der Waals surface area contributed by atoms with Crippen LogP contribution in [0.3, 0.4) is 0 Å². The van der Waals surface area contributed by atoms with Crippen LogP contribution in [-0.2, 0) is 13.2 Å². The average Bonchev–Trinajstić information content (AvgIpc) is 2.96. The highest BCUT2D eigenvalue weighted by molar-refractivity contribution is 7.17. The second kappa shape index (κ2) is 5.71. The Kier molecular flexibility index (Phi) is 3.77. The molecule has 0 aliphatic carbocycles. The van der Waals surface area contributed by atoms with Gasteiger partial charge in [0.05, 0.1) is 12.3 Å². The first kappa shape index (κ1) is 13.9. The molecule has 4 nitrogen and oxygen atoms in total. The molecule has 0 spiro atoms. The zero-order chi connectivity index (χ0) is 14.8. The van der Waals surface area contributed by atoms with E-state index in [0.717, 1.165) is 5.69 Å². The van der Waals surface area contributed by atoms with Gasteiger partial charge in [0, 0.05) is 34.3 Å². The molecule has 0 saturated heterocycles. The van der Waals surface area contributed by atoms with Crippen LogP contribution in [-0.4, -0.2) is 15.2 Å². The van der Waals surface area contributed by atoms with E-state index in [2.05, 4.69) is 33.9 Å². The SMILES string of the molecule is Cc1ncc(CO)c(CNc2ccc3sccc3c2)c1O. The lowest BCUT2D eigenvalue weighted by Crippen LogP contribution is -2.05. The van der Waals surface area contributed by atoms with Gasteiger partial charge in [-0.05, 0) is 42.0 Å². The fraction of sp³-hybridized carbons (Fsp3) is 0.188. The summed E-state index contributed by atoms with van der Waals surface area (Å²) in [5, 5.41) is 26.0. The number of nitrogens with zero attached hydrogens (tertiary/aromatic N) is 1. The maximum atomic E-state index is 10.1. The number of aromatic nitrogens is 1. The lowest BCUT2D eigenvalue weighted by atomic mass is 10.1. The predicted octanol–water partition coefficient (Wildman–Crippen LogP) is 3.41. The first-order valence-electron chi connectivity index (χ1n) is 6.67. The second-order valence-corrected chi connectivity index (χ2v) is 5.83. The molecule has 0 bridgehead atoms. The van der Waals surface area contributed by atoms with E-state index >= 15 is 0 Å². The molecule has 1 aromatic carbocycles. The molecule has 0 unspecified atom stereocenters. The number of rotatable bonds is 4. The van der Waals surface area contributed by atoms with Crippen LogP contribution in [0.5, 0.6) is 5.75 Å². The maximum Gasteiger partial charge on any atom is 0.142 e. The highest BCUT2D eigenvalue weighted by Gasteiger charge is 2.11. The molecule has 0 saturated carbocycles. The molecule has 0 amide bonds. The molecule has 3 N–H and O–H groups in total. The Morgan fingerprint density at radius 1 is 1.29 bits per heavy atom. The summed E-state index contributed by atoms with van der Waals surface area (Å²) in [4.78, 5) is 4.06. The summed E-state index contributed by atoms with van der Waals surface area (Å²) >= 11 is 1.71. The van der Waals surface area contributed by atoms with E-state index in [4.69, 9.17) is 0 Å². The summed E-state index contributed by atoms with van der Waals surface area (Å²) in [5.41, 5.74) is 2.88. The first-order chi connectivity index (χ1) is 10.2. The number of aliphatic hydroxyl groups excluding tert-OH is 1. The number of aliphatic hydroxyl groups is 1. The summed E-state index contributed by atoms with van der Waals surface area (Å²) in [6.07, 6.45) is 1.61. The number of fused-ring (bicyclic) bond motifs is 1. The molecule has 3 rings (SSSR count). The molecule has 0 aliphatic heterocycles. The lowest BCUT2D eigenvalue weighted by molar-refractivity contribution is 0.279. The minimum absolute atomic E-state index is 0.137. The van der Waals surface area contributed by atoms with E-state index in [9.17, 15) is 10.2 Å². The Morgan fingerprint density at radius 3 is 2.95 bits per heavy atom. The van der Waals surface area contributed by atoms with E-state index in [0.29, 0.717) is 23.4 Å². The Hall–Kier alpha value is -2.11. The summed E-state index contributed by atoms with van der Waals surface area (Å²) in [5.74, 6) is 0.144. The summed E-state index contributed by atoms with van der Waals surface area (Å²) in [6, 6.07) is 8.25. The van der Waals surface area contributed by atoms with Gasteiger partial charge in [0.15, 0.2) is 0 Å². The number of anilines is 1. The van der Waals surface area contributed by atoms with Gasteiger partial charge in [0.2, 0.25) is 0 Å². The van der Waals surface area contributed by atoms with Crippen LogP contribution in [0.4, 0.5) is 5.69 Å². The Morgan fingerprint density at radius 2 is 2.14 bits per heavy atom. The maximum absolute atomic E-state index is 10.1. The molecular weight excluding hydrogens is 284 g/mol. The third-order valence-corrected chi connectivity index (χ3v) is 4.42. The quantitative estimate of drug-likeness (QED) is 0.691. The number of benzene rings is 1. The fourth-order valence-corrected chi connectivity index (χ4v) is 3.06. The third-order valence-electron chi connectivity index (χ3n) is 3.52. The van der Waals surface area contributed by atoms with Crippen LogP contribution >= 0.6 is 11.3 Å². The number of hydrogen-bond acceptors (Lipinski definition) is 5. The van der Waals surface area contributed by atoms with Crippen LogP contribution in [0, 0.1) is 6.92 Å². The van der Waals surface area contributed by atoms with Crippen molar-refractivity contribution in [2.45, 2.75) is 20.1 Å². The smallest absolute Gasteiger partial charge is 0.142 e. The molecule has 0 fully saturated rings. The minimum atomic E-state index is -0.137. The average molecular weight is 300 g/mol. The third kappa shape index (κ3) is 2.70. The highest BCUT2D eigenvalue weighted by Crippen LogP contribution is 2.27. The summed E-state index contributed by atoms with van der Waals surface area (Å²) in [6.45, 7) is 2.06. The normalized spacial score (nSPS) is 11.0.